The van der Waals surface area contributed by atoms with E-state index in [-0.39, 0.29) is 18.6 Å². The molecular formula is C25H32O12. The summed E-state index contributed by atoms with van der Waals surface area (Å²) in [6, 6.07) is 0. The summed E-state index contributed by atoms with van der Waals surface area (Å²) in [6.45, 7) is 4.81. The van der Waals surface area contributed by atoms with Crippen molar-refractivity contribution in [2.45, 2.75) is 81.1 Å². The Morgan fingerprint density at radius 1 is 1.14 bits per heavy atom. The molecule has 6 N–H and O–H groups in total. The number of aliphatic hydroxyl groups is 5. The summed E-state index contributed by atoms with van der Waals surface area (Å²) in [6.07, 6.45) is -10.2. The lowest BCUT2D eigenvalue weighted by molar-refractivity contribution is -0.326. The Morgan fingerprint density at radius 2 is 1.84 bits per heavy atom. The molecule has 6 rings (SSSR count). The quantitative estimate of drug-likeness (QED) is 0.177. The first kappa shape index (κ1) is 25.4. The van der Waals surface area contributed by atoms with Gasteiger partial charge in [-0.25, -0.2) is 0 Å². The molecule has 4 saturated carbocycles. The topological polar surface area (TPSA) is 200 Å². The van der Waals surface area contributed by atoms with E-state index in [1.807, 2.05) is 0 Å². The van der Waals surface area contributed by atoms with Crippen molar-refractivity contribution in [2.24, 2.45) is 34.5 Å². The summed E-state index contributed by atoms with van der Waals surface area (Å²) in [4.78, 5) is 39.2. The molecule has 2 aliphatic heterocycles. The molecule has 4 bridgehead atoms. The van der Waals surface area contributed by atoms with Gasteiger partial charge in [0.15, 0.2) is 6.29 Å². The Bertz CT molecular complexity index is 1070. The number of carboxylic acid groups (broad SMARTS) is 1. The van der Waals surface area contributed by atoms with Gasteiger partial charge in [-0.15, -0.1) is 0 Å². The molecule has 204 valence electrons. The number of carboxylic acids is 1. The van der Waals surface area contributed by atoms with Crippen LogP contribution in [0.1, 0.15) is 32.6 Å². The van der Waals surface area contributed by atoms with Crippen molar-refractivity contribution < 1.29 is 59.2 Å². The number of ketones is 1. The lowest BCUT2D eigenvalue weighted by Gasteiger charge is -2.49. The molecule has 12 nitrogen and oxygen atoms in total. The first-order chi connectivity index (χ1) is 17.3. The number of allylic oxidation sites excluding steroid dienone is 1. The first-order valence-electron chi connectivity index (χ1n) is 12.6. The Hall–Kier alpha value is -1.93. The van der Waals surface area contributed by atoms with Crippen LogP contribution in [0.15, 0.2) is 12.2 Å². The minimum absolute atomic E-state index is 0.0101. The second-order valence-electron chi connectivity index (χ2n) is 12.0. The van der Waals surface area contributed by atoms with E-state index in [0.717, 1.165) is 0 Å². The third-order valence-corrected chi connectivity index (χ3v) is 10.5. The van der Waals surface area contributed by atoms with Crippen LogP contribution in [0.3, 0.4) is 0 Å². The van der Waals surface area contributed by atoms with Gasteiger partial charge in [-0.05, 0) is 25.2 Å². The molecule has 0 amide bonds. The van der Waals surface area contributed by atoms with Crippen molar-refractivity contribution in [1.29, 1.82) is 0 Å². The lowest BCUT2D eigenvalue weighted by atomic mass is 9.58. The Balaban J connectivity index is 1.41. The Morgan fingerprint density at radius 3 is 2.49 bits per heavy atom. The lowest BCUT2D eigenvalue weighted by Crippen LogP contribution is -2.63. The zero-order valence-corrected chi connectivity index (χ0v) is 20.2. The number of ether oxygens (including phenoxy) is 3. The fourth-order valence-corrected chi connectivity index (χ4v) is 8.93. The van der Waals surface area contributed by atoms with Gasteiger partial charge in [0.1, 0.15) is 41.2 Å². The number of hydrogen-bond donors (Lipinski definition) is 6. The van der Waals surface area contributed by atoms with Gasteiger partial charge < -0.3 is 44.8 Å². The average molecular weight is 525 g/mol. The van der Waals surface area contributed by atoms with E-state index in [2.05, 4.69) is 6.58 Å². The van der Waals surface area contributed by atoms with E-state index >= 15 is 0 Å². The monoisotopic (exact) mass is 524 g/mol. The van der Waals surface area contributed by atoms with Gasteiger partial charge >= 0.3 is 11.9 Å². The average Bonchev–Trinajstić information content (AvgIpc) is 3.33. The van der Waals surface area contributed by atoms with Crippen LogP contribution < -0.4 is 0 Å². The van der Waals surface area contributed by atoms with Crippen molar-refractivity contribution in [3.8, 4) is 0 Å². The maximum absolute atomic E-state index is 13.4. The van der Waals surface area contributed by atoms with Crippen LogP contribution in [0.2, 0.25) is 0 Å². The summed E-state index contributed by atoms with van der Waals surface area (Å²) in [7, 11) is 0. The Kier molecular flexibility index (Phi) is 5.35. The fraction of sp³-hybridized carbons (Fsp3) is 0.800. The van der Waals surface area contributed by atoms with Crippen LogP contribution in [-0.4, -0.2) is 103 Å². The normalized spacial score (nSPS) is 56.2. The summed E-state index contributed by atoms with van der Waals surface area (Å²) in [5, 5.41) is 62.2. The molecule has 0 aromatic rings. The van der Waals surface area contributed by atoms with Crippen LogP contribution in [0, 0.1) is 34.5 Å². The van der Waals surface area contributed by atoms with Crippen molar-refractivity contribution in [1.82, 2.24) is 0 Å². The zero-order valence-electron chi connectivity index (χ0n) is 20.2. The number of rotatable bonds is 4. The molecule has 0 radical (unpaired) electrons. The maximum atomic E-state index is 13.4. The molecule has 0 aromatic heterocycles. The standard InChI is InChI=1S/C25H32O12/c1-8-4-24-5-9(8)10(27)3-13(24)25-6-11(35-21-17(30)16(29)15(28)12(7-26)36-21)19(31)23(2,22(34)37-25)18(25)14(24)20(32)33/h9,11-19,21,26,28-31H,1,3-7H2,2H3,(H,32,33). The van der Waals surface area contributed by atoms with Crippen molar-refractivity contribution >= 4 is 17.7 Å². The van der Waals surface area contributed by atoms with Gasteiger partial charge in [0.2, 0.25) is 0 Å². The van der Waals surface area contributed by atoms with Gasteiger partial charge in [-0.3, -0.25) is 14.4 Å². The summed E-state index contributed by atoms with van der Waals surface area (Å²) in [5.74, 6) is -5.05. The van der Waals surface area contributed by atoms with Crippen molar-refractivity contribution in [3.05, 3.63) is 12.2 Å². The van der Waals surface area contributed by atoms with E-state index in [9.17, 15) is 45.0 Å². The van der Waals surface area contributed by atoms with Gasteiger partial charge in [0.05, 0.1) is 24.7 Å². The maximum Gasteiger partial charge on any atom is 0.315 e. The number of aliphatic hydroxyl groups excluding tert-OH is 5. The molecule has 37 heavy (non-hydrogen) atoms. The van der Waals surface area contributed by atoms with E-state index in [1.54, 1.807) is 0 Å². The highest BCUT2D eigenvalue weighted by Crippen LogP contribution is 2.77. The van der Waals surface area contributed by atoms with Gasteiger partial charge in [-0.2, -0.15) is 0 Å². The number of fused-ring (bicyclic) bond motifs is 1. The number of carbonyl (C=O) groups excluding carboxylic acids is 2. The minimum Gasteiger partial charge on any atom is -0.481 e. The number of carbonyl (C=O) groups is 3. The van der Waals surface area contributed by atoms with Crippen LogP contribution in [-0.2, 0) is 28.6 Å². The van der Waals surface area contributed by atoms with Crippen molar-refractivity contribution in [3.63, 3.8) is 0 Å². The predicted octanol–water partition coefficient (Wildman–Crippen LogP) is -1.89. The first-order valence-corrected chi connectivity index (χ1v) is 12.6. The second-order valence-corrected chi connectivity index (χ2v) is 12.0. The van der Waals surface area contributed by atoms with Crippen LogP contribution >= 0.6 is 0 Å². The predicted molar refractivity (Wildman–Crippen MR) is 118 cm³/mol. The van der Waals surface area contributed by atoms with Gasteiger partial charge in [0, 0.05) is 30.6 Å². The summed E-state index contributed by atoms with van der Waals surface area (Å²) in [5.41, 5.74) is -3.31. The molecule has 6 fully saturated rings. The molecule has 1 spiro atoms. The van der Waals surface area contributed by atoms with Gasteiger partial charge in [0.25, 0.3) is 0 Å². The second kappa shape index (κ2) is 7.81. The van der Waals surface area contributed by atoms with E-state index in [0.29, 0.717) is 18.4 Å². The largest absolute Gasteiger partial charge is 0.481 e. The highest BCUT2D eigenvalue weighted by molar-refractivity contribution is 5.90. The van der Waals surface area contributed by atoms with Crippen LogP contribution in [0.25, 0.3) is 0 Å². The molecule has 4 aliphatic carbocycles. The highest BCUT2D eigenvalue weighted by atomic mass is 16.7. The molecule has 14 unspecified atom stereocenters. The molecule has 6 aliphatic rings. The van der Waals surface area contributed by atoms with E-state index in [1.165, 1.54) is 6.92 Å². The van der Waals surface area contributed by atoms with Crippen LogP contribution in [0.4, 0.5) is 0 Å². The fourth-order valence-electron chi connectivity index (χ4n) is 8.93. The third-order valence-electron chi connectivity index (χ3n) is 10.5. The minimum atomic E-state index is -1.74. The molecule has 0 aromatic carbocycles. The Labute approximate surface area is 211 Å². The number of hydrogen-bond acceptors (Lipinski definition) is 11. The van der Waals surface area contributed by atoms with Crippen molar-refractivity contribution in [2.75, 3.05) is 6.61 Å². The third kappa shape index (κ3) is 2.89. The summed E-state index contributed by atoms with van der Waals surface area (Å²) < 4.78 is 17.4. The molecule has 2 heterocycles. The van der Waals surface area contributed by atoms with E-state index < -0.39 is 102 Å². The SMILES string of the molecule is C=C1CC23CC1C(=O)CC2C12CC(OC4OC(CO)C(O)C(O)C4O)C(O)C(C)(C(=O)O1)C2C3C(=O)O. The van der Waals surface area contributed by atoms with Gasteiger partial charge in [-0.1, -0.05) is 12.2 Å². The number of aliphatic carboxylic acids is 1. The van der Waals surface area contributed by atoms with Crippen LogP contribution in [0.5, 0.6) is 0 Å². The summed E-state index contributed by atoms with van der Waals surface area (Å²) >= 11 is 0. The number of Topliss-reactive ketones (excluding diaryl/α,β-unsaturated/α-hetero) is 1. The zero-order chi connectivity index (χ0) is 26.8. The highest BCUT2D eigenvalue weighted by Gasteiger charge is 2.85. The van der Waals surface area contributed by atoms with E-state index in [4.69, 9.17) is 14.2 Å². The smallest absolute Gasteiger partial charge is 0.315 e. The number of esters is 1. The molecule has 12 heteroatoms. The molecule has 14 atom stereocenters. The molecule has 2 saturated heterocycles. The molecular weight excluding hydrogens is 492 g/mol.